The number of thiazole rings is 1. The molecule has 0 saturated heterocycles. The summed E-state index contributed by atoms with van der Waals surface area (Å²) in [4.78, 5) is 7.78. The first-order chi connectivity index (χ1) is 18.4. The second-order valence-corrected chi connectivity index (χ2v) is 12.2. The highest BCUT2D eigenvalue weighted by molar-refractivity contribution is 7.89. The molecule has 0 aliphatic heterocycles. The first-order valence-electron chi connectivity index (χ1n) is 12.0. The average Bonchev–Trinajstić information content (AvgIpc) is 3.44. The van der Waals surface area contributed by atoms with Gasteiger partial charge in [0.2, 0.25) is 10.0 Å². The van der Waals surface area contributed by atoms with Crippen LogP contribution >= 0.6 is 22.9 Å². The number of anilines is 2. The van der Waals surface area contributed by atoms with Crippen LogP contribution < -0.4 is 4.90 Å². The summed E-state index contributed by atoms with van der Waals surface area (Å²) in [5, 5.41) is 1.51. The monoisotopic (exact) mass is 559 g/mol. The van der Waals surface area contributed by atoms with E-state index in [1.54, 1.807) is 12.1 Å². The van der Waals surface area contributed by atoms with Crippen molar-refractivity contribution in [2.45, 2.75) is 18.0 Å². The van der Waals surface area contributed by atoms with Gasteiger partial charge in [-0.2, -0.15) is 4.31 Å². The van der Waals surface area contributed by atoms with Gasteiger partial charge in [-0.1, -0.05) is 95.7 Å². The predicted octanol–water partition coefficient (Wildman–Crippen LogP) is 7.62. The summed E-state index contributed by atoms with van der Waals surface area (Å²) in [7, 11) is -1.79. The summed E-state index contributed by atoms with van der Waals surface area (Å²) < 4.78 is 29.1. The second-order valence-electron chi connectivity index (χ2n) is 8.81. The van der Waals surface area contributed by atoms with Gasteiger partial charge in [0.15, 0.2) is 5.13 Å². The van der Waals surface area contributed by atoms with Crippen LogP contribution in [0.3, 0.4) is 0 Å². The molecule has 0 radical (unpaired) electrons. The number of hydrogen-bond acceptors (Lipinski definition) is 5. The van der Waals surface area contributed by atoms with Gasteiger partial charge in [0.1, 0.15) is 0 Å². The van der Waals surface area contributed by atoms with Crippen molar-refractivity contribution in [2.24, 2.45) is 0 Å². The van der Waals surface area contributed by atoms with Crippen LogP contribution in [-0.4, -0.2) is 24.8 Å². The van der Waals surface area contributed by atoms with Crippen molar-refractivity contribution >= 4 is 43.8 Å². The molecule has 5 rings (SSSR count). The molecule has 0 aliphatic carbocycles. The van der Waals surface area contributed by atoms with Gasteiger partial charge in [0, 0.05) is 37.0 Å². The van der Waals surface area contributed by atoms with E-state index >= 15 is 0 Å². The molecule has 0 fully saturated rings. The van der Waals surface area contributed by atoms with Crippen LogP contribution in [0.2, 0.25) is 5.02 Å². The lowest BCUT2D eigenvalue weighted by Crippen LogP contribution is -2.30. The molecule has 0 atom stereocenters. The van der Waals surface area contributed by atoms with Crippen molar-refractivity contribution in [3.8, 4) is 10.4 Å². The standard InChI is InChI=1S/C30H26ClN3O2S2/c1-33(27-16-14-26(31)15-17-27)30-32-20-29(37-30)25-12-18-28(19-13-25)38(35,36)34(21-23-8-4-2-5-9-23)22-24-10-6-3-7-11-24/h2-20H,21-22H2,1H3. The smallest absolute Gasteiger partial charge is 0.243 e. The summed E-state index contributed by atoms with van der Waals surface area (Å²) in [6.07, 6.45) is 1.81. The van der Waals surface area contributed by atoms with E-state index in [9.17, 15) is 8.42 Å². The Balaban J connectivity index is 1.38. The molecule has 1 aromatic heterocycles. The molecular weight excluding hydrogens is 534 g/mol. The minimum absolute atomic E-state index is 0.260. The third-order valence-electron chi connectivity index (χ3n) is 6.17. The maximum atomic E-state index is 13.8. The van der Waals surface area contributed by atoms with E-state index in [1.165, 1.54) is 15.6 Å². The fraction of sp³-hybridized carbons (Fsp3) is 0.100. The van der Waals surface area contributed by atoms with Gasteiger partial charge < -0.3 is 4.90 Å². The number of sulfonamides is 1. The summed E-state index contributed by atoms with van der Waals surface area (Å²) in [6, 6.07) is 33.9. The van der Waals surface area contributed by atoms with Crippen LogP contribution in [-0.2, 0) is 23.1 Å². The van der Waals surface area contributed by atoms with Crippen molar-refractivity contribution in [1.82, 2.24) is 9.29 Å². The average molecular weight is 560 g/mol. The zero-order valence-corrected chi connectivity index (χ0v) is 23.1. The molecule has 4 aromatic carbocycles. The van der Waals surface area contributed by atoms with Crippen LogP contribution in [0, 0.1) is 0 Å². The van der Waals surface area contributed by atoms with Crippen molar-refractivity contribution < 1.29 is 8.42 Å². The lowest BCUT2D eigenvalue weighted by Gasteiger charge is -2.23. The summed E-state index contributed by atoms with van der Waals surface area (Å²) in [5.74, 6) is 0. The molecule has 0 bridgehead atoms. The van der Waals surface area contributed by atoms with Crippen LogP contribution in [0.1, 0.15) is 11.1 Å². The fourth-order valence-electron chi connectivity index (χ4n) is 4.07. The van der Waals surface area contributed by atoms with Crippen LogP contribution in [0.5, 0.6) is 0 Å². The number of rotatable bonds is 9. The molecule has 0 aliphatic rings. The van der Waals surface area contributed by atoms with Gasteiger partial charge in [-0.25, -0.2) is 13.4 Å². The van der Waals surface area contributed by atoms with Crippen LogP contribution in [0.25, 0.3) is 10.4 Å². The number of nitrogens with zero attached hydrogens (tertiary/aromatic N) is 3. The Labute approximate surface area is 232 Å². The van der Waals surface area contributed by atoms with Gasteiger partial charge >= 0.3 is 0 Å². The van der Waals surface area contributed by atoms with E-state index < -0.39 is 10.0 Å². The van der Waals surface area contributed by atoms with E-state index in [4.69, 9.17) is 11.6 Å². The van der Waals surface area contributed by atoms with Gasteiger partial charge in [0.25, 0.3) is 0 Å². The first-order valence-corrected chi connectivity index (χ1v) is 14.7. The quantitative estimate of drug-likeness (QED) is 0.186. The van der Waals surface area contributed by atoms with E-state index in [0.29, 0.717) is 5.02 Å². The molecule has 0 N–H and O–H groups in total. The molecule has 38 heavy (non-hydrogen) atoms. The van der Waals surface area contributed by atoms with E-state index in [0.717, 1.165) is 32.4 Å². The Morgan fingerprint density at radius 3 is 1.87 bits per heavy atom. The fourth-order valence-corrected chi connectivity index (χ4v) is 6.51. The normalized spacial score (nSPS) is 11.6. The van der Waals surface area contributed by atoms with Gasteiger partial charge in [-0.05, 0) is 53.1 Å². The molecule has 5 aromatic rings. The van der Waals surface area contributed by atoms with Crippen molar-refractivity contribution in [3.63, 3.8) is 0 Å². The Bertz CT molecular complexity index is 1550. The molecular formula is C30H26ClN3O2S2. The number of hydrogen-bond donors (Lipinski definition) is 0. The number of aromatic nitrogens is 1. The highest BCUT2D eigenvalue weighted by Gasteiger charge is 2.25. The van der Waals surface area contributed by atoms with Crippen LogP contribution in [0.15, 0.2) is 120 Å². The van der Waals surface area contributed by atoms with Gasteiger partial charge in [-0.3, -0.25) is 0 Å². The largest absolute Gasteiger partial charge is 0.321 e. The molecule has 5 nitrogen and oxygen atoms in total. The van der Waals surface area contributed by atoms with Crippen molar-refractivity contribution in [3.05, 3.63) is 132 Å². The molecule has 0 saturated carbocycles. The van der Waals surface area contributed by atoms with Crippen LogP contribution in [0.4, 0.5) is 10.8 Å². The van der Waals surface area contributed by atoms with E-state index in [2.05, 4.69) is 4.98 Å². The molecule has 192 valence electrons. The third kappa shape index (κ3) is 5.97. The highest BCUT2D eigenvalue weighted by atomic mass is 35.5. The van der Waals surface area contributed by atoms with Gasteiger partial charge in [0.05, 0.1) is 9.77 Å². The topological polar surface area (TPSA) is 53.5 Å². The zero-order valence-electron chi connectivity index (χ0n) is 20.7. The summed E-state index contributed by atoms with van der Waals surface area (Å²) in [6.45, 7) is 0.574. The Morgan fingerprint density at radius 1 is 0.763 bits per heavy atom. The maximum Gasteiger partial charge on any atom is 0.243 e. The third-order valence-corrected chi connectivity index (χ3v) is 9.36. The SMILES string of the molecule is CN(c1ccc(Cl)cc1)c1ncc(-c2ccc(S(=O)(=O)N(Cc3ccccc3)Cc3ccccc3)cc2)s1. The first kappa shape index (κ1) is 26.1. The molecule has 8 heteroatoms. The predicted molar refractivity (Wildman–Crippen MR) is 156 cm³/mol. The van der Waals surface area contributed by atoms with E-state index in [1.807, 2.05) is 115 Å². The van der Waals surface area contributed by atoms with Crippen molar-refractivity contribution in [2.75, 3.05) is 11.9 Å². The van der Waals surface area contributed by atoms with Gasteiger partial charge in [-0.15, -0.1) is 0 Å². The molecule has 0 spiro atoms. The molecule has 1 heterocycles. The maximum absolute atomic E-state index is 13.8. The second kappa shape index (κ2) is 11.5. The molecule has 0 amide bonds. The Hall–Kier alpha value is -3.49. The Kier molecular flexibility index (Phi) is 7.90. The lowest BCUT2D eigenvalue weighted by atomic mass is 10.2. The highest BCUT2D eigenvalue weighted by Crippen LogP contribution is 2.35. The minimum atomic E-state index is -3.74. The van der Waals surface area contributed by atoms with Crippen molar-refractivity contribution in [1.29, 1.82) is 0 Å². The molecule has 0 unspecified atom stereocenters. The van der Waals surface area contributed by atoms with E-state index in [-0.39, 0.29) is 18.0 Å². The summed E-state index contributed by atoms with van der Waals surface area (Å²) >= 11 is 7.55. The summed E-state index contributed by atoms with van der Waals surface area (Å²) in [5.41, 5.74) is 3.76. The number of benzene rings is 4. The zero-order chi connectivity index (χ0) is 26.5. The lowest BCUT2D eigenvalue weighted by molar-refractivity contribution is 0.401. The minimum Gasteiger partial charge on any atom is -0.321 e. The Morgan fingerprint density at radius 2 is 1.32 bits per heavy atom. The number of halogens is 1.